The van der Waals surface area contributed by atoms with Gasteiger partial charge in [-0.25, -0.2) is 9.97 Å². The van der Waals surface area contributed by atoms with Gasteiger partial charge < -0.3 is 0 Å². The highest BCUT2D eigenvalue weighted by Gasteiger charge is 2.15. The molecule has 0 radical (unpaired) electrons. The molecule has 0 bridgehead atoms. The number of thioether (sulfide) groups is 1. The monoisotopic (exact) mass is 383 g/mol. The van der Waals surface area contributed by atoms with E-state index < -0.39 is 0 Å². The van der Waals surface area contributed by atoms with Crippen molar-refractivity contribution < 1.29 is 0 Å². The third kappa shape index (κ3) is 2.76. The summed E-state index contributed by atoms with van der Waals surface area (Å²) in [5, 5.41) is 2.08. The number of benzene rings is 3. The first-order chi connectivity index (χ1) is 13.6. The molecule has 0 amide bonds. The maximum Gasteiger partial charge on any atom is 0.175 e. The number of aromatic nitrogens is 3. The summed E-state index contributed by atoms with van der Waals surface area (Å²) in [6, 6.07) is 21.1. The lowest BCUT2D eigenvalue weighted by molar-refractivity contribution is 0.951. The summed E-state index contributed by atoms with van der Waals surface area (Å²) in [7, 11) is 0. The smallest absolute Gasteiger partial charge is 0.175 e. The van der Waals surface area contributed by atoms with Crippen LogP contribution in [0, 0.1) is 20.8 Å². The van der Waals surface area contributed by atoms with E-state index in [-0.39, 0.29) is 0 Å². The minimum absolute atomic E-state index is 0.894. The summed E-state index contributed by atoms with van der Waals surface area (Å²) in [5.74, 6) is 0.894. The Morgan fingerprint density at radius 3 is 2.29 bits per heavy atom. The lowest BCUT2D eigenvalue weighted by Crippen LogP contribution is -1.98. The first-order valence-electron chi connectivity index (χ1n) is 9.47. The van der Waals surface area contributed by atoms with Crippen LogP contribution in [0.3, 0.4) is 0 Å². The van der Waals surface area contributed by atoms with Gasteiger partial charge in [-0.05, 0) is 61.7 Å². The van der Waals surface area contributed by atoms with E-state index in [9.17, 15) is 0 Å². The molecule has 2 aromatic heterocycles. The van der Waals surface area contributed by atoms with Crippen LogP contribution in [0.5, 0.6) is 0 Å². The molecular formula is C24H21N3S. The fourth-order valence-corrected chi connectivity index (χ4v) is 5.19. The van der Waals surface area contributed by atoms with Crippen molar-refractivity contribution in [3.05, 3.63) is 82.9 Å². The Morgan fingerprint density at radius 2 is 1.50 bits per heavy atom. The van der Waals surface area contributed by atoms with Crippen LogP contribution in [0.15, 0.2) is 65.8 Å². The maximum atomic E-state index is 5.00. The van der Waals surface area contributed by atoms with Crippen molar-refractivity contribution in [1.82, 2.24) is 14.4 Å². The molecule has 138 valence electrons. The Morgan fingerprint density at radius 1 is 0.821 bits per heavy atom. The SMILES string of the molecule is Cc1cc(C)c(CSc2nc3ccccc3c3nc4ccccc4n23)c(C)c1. The molecule has 0 aliphatic carbocycles. The third-order valence-electron chi connectivity index (χ3n) is 5.30. The number of rotatable bonds is 3. The first-order valence-corrected chi connectivity index (χ1v) is 10.5. The predicted octanol–water partition coefficient (Wildman–Crippen LogP) is 6.25. The fraction of sp³-hybridized carbons (Fsp3) is 0.167. The standard InChI is InChI=1S/C24H21N3S/c1-15-12-16(2)19(17(3)13-15)14-28-24-26-20-9-5-4-8-18(20)23-25-21-10-6-7-11-22(21)27(23)24/h4-13H,14H2,1-3H3. The minimum atomic E-state index is 0.894. The van der Waals surface area contributed by atoms with Gasteiger partial charge >= 0.3 is 0 Å². The van der Waals surface area contributed by atoms with Crippen LogP contribution < -0.4 is 0 Å². The van der Waals surface area contributed by atoms with E-state index in [0.717, 1.165) is 38.5 Å². The molecule has 0 N–H and O–H groups in total. The highest BCUT2D eigenvalue weighted by atomic mass is 32.2. The van der Waals surface area contributed by atoms with Crippen LogP contribution >= 0.6 is 11.8 Å². The highest BCUT2D eigenvalue weighted by Crippen LogP contribution is 2.31. The van der Waals surface area contributed by atoms with Crippen LogP contribution in [0.25, 0.3) is 27.6 Å². The Hall–Kier alpha value is -2.85. The van der Waals surface area contributed by atoms with Crippen molar-refractivity contribution in [2.24, 2.45) is 0 Å². The van der Waals surface area contributed by atoms with Gasteiger partial charge in [0.2, 0.25) is 0 Å². The largest absolute Gasteiger partial charge is 0.271 e. The lowest BCUT2D eigenvalue weighted by atomic mass is 10.0. The van der Waals surface area contributed by atoms with Crippen LogP contribution in [-0.2, 0) is 5.75 Å². The molecule has 3 aromatic carbocycles. The van der Waals surface area contributed by atoms with E-state index in [1.165, 1.54) is 22.3 Å². The molecule has 0 unspecified atom stereocenters. The number of hydrogen-bond donors (Lipinski definition) is 0. The second-order valence-electron chi connectivity index (χ2n) is 7.34. The van der Waals surface area contributed by atoms with Gasteiger partial charge in [-0.1, -0.05) is 53.7 Å². The molecule has 4 heteroatoms. The van der Waals surface area contributed by atoms with Gasteiger partial charge in [0.05, 0.1) is 16.6 Å². The summed E-state index contributed by atoms with van der Waals surface area (Å²) in [6.07, 6.45) is 0. The normalized spacial score (nSPS) is 11.7. The van der Waals surface area contributed by atoms with Gasteiger partial charge in [0.15, 0.2) is 5.16 Å². The summed E-state index contributed by atoms with van der Waals surface area (Å²) in [5.41, 5.74) is 9.48. The molecule has 5 rings (SSSR count). The number of fused-ring (bicyclic) bond motifs is 5. The van der Waals surface area contributed by atoms with E-state index in [1.807, 2.05) is 12.1 Å². The lowest BCUT2D eigenvalue weighted by Gasteiger charge is -2.12. The Labute approximate surface area is 168 Å². The number of imidazole rings is 1. The Kier molecular flexibility index (Phi) is 4.09. The Balaban J connectivity index is 1.70. The highest BCUT2D eigenvalue weighted by molar-refractivity contribution is 7.98. The molecule has 3 nitrogen and oxygen atoms in total. The molecule has 0 fully saturated rings. The number of hydrogen-bond acceptors (Lipinski definition) is 3. The molecule has 5 aromatic rings. The zero-order valence-electron chi connectivity index (χ0n) is 16.2. The quantitative estimate of drug-likeness (QED) is 0.272. The molecule has 0 saturated carbocycles. The topological polar surface area (TPSA) is 30.2 Å². The van der Waals surface area contributed by atoms with Crippen molar-refractivity contribution in [2.75, 3.05) is 0 Å². The average molecular weight is 384 g/mol. The summed E-state index contributed by atoms with van der Waals surface area (Å²) in [4.78, 5) is 9.92. The number of nitrogens with zero attached hydrogens (tertiary/aromatic N) is 3. The van der Waals surface area contributed by atoms with Crippen molar-refractivity contribution in [3.63, 3.8) is 0 Å². The number of aryl methyl sites for hydroxylation is 3. The van der Waals surface area contributed by atoms with Gasteiger partial charge in [-0.2, -0.15) is 0 Å². The van der Waals surface area contributed by atoms with Crippen LogP contribution in [0.4, 0.5) is 0 Å². The van der Waals surface area contributed by atoms with Gasteiger partial charge in [0.1, 0.15) is 5.65 Å². The molecule has 0 spiro atoms. The maximum absolute atomic E-state index is 5.00. The van der Waals surface area contributed by atoms with Crippen LogP contribution in [0.2, 0.25) is 0 Å². The van der Waals surface area contributed by atoms with E-state index in [0.29, 0.717) is 0 Å². The summed E-state index contributed by atoms with van der Waals surface area (Å²) < 4.78 is 2.21. The second kappa shape index (κ2) is 6.64. The summed E-state index contributed by atoms with van der Waals surface area (Å²) >= 11 is 1.78. The van der Waals surface area contributed by atoms with E-state index in [4.69, 9.17) is 9.97 Å². The van der Waals surface area contributed by atoms with Crippen molar-refractivity contribution in [2.45, 2.75) is 31.7 Å². The predicted molar refractivity (Wildman–Crippen MR) is 118 cm³/mol. The van der Waals surface area contributed by atoms with Gasteiger partial charge in [0.25, 0.3) is 0 Å². The van der Waals surface area contributed by atoms with Crippen molar-refractivity contribution in [1.29, 1.82) is 0 Å². The molecule has 0 atom stereocenters. The Bertz CT molecular complexity index is 1330. The first kappa shape index (κ1) is 17.3. The molecule has 0 saturated heterocycles. The third-order valence-corrected chi connectivity index (χ3v) is 6.26. The van der Waals surface area contributed by atoms with Crippen LogP contribution in [0.1, 0.15) is 22.3 Å². The summed E-state index contributed by atoms with van der Waals surface area (Å²) in [6.45, 7) is 6.56. The molecule has 0 aliphatic rings. The van der Waals surface area contributed by atoms with E-state index in [1.54, 1.807) is 11.8 Å². The van der Waals surface area contributed by atoms with Crippen molar-refractivity contribution >= 4 is 39.3 Å². The van der Waals surface area contributed by atoms with Gasteiger partial charge in [-0.3, -0.25) is 4.40 Å². The zero-order chi connectivity index (χ0) is 19.3. The van der Waals surface area contributed by atoms with E-state index >= 15 is 0 Å². The van der Waals surface area contributed by atoms with Gasteiger partial charge in [0, 0.05) is 11.1 Å². The minimum Gasteiger partial charge on any atom is -0.271 e. The molecule has 2 heterocycles. The van der Waals surface area contributed by atoms with Gasteiger partial charge in [-0.15, -0.1) is 0 Å². The molecule has 0 aliphatic heterocycles. The average Bonchev–Trinajstić information content (AvgIpc) is 3.07. The van der Waals surface area contributed by atoms with Crippen molar-refractivity contribution in [3.8, 4) is 0 Å². The molecular weight excluding hydrogens is 362 g/mol. The fourth-order valence-electron chi connectivity index (χ4n) is 3.98. The van der Waals surface area contributed by atoms with E-state index in [2.05, 4.69) is 73.7 Å². The second-order valence-corrected chi connectivity index (χ2v) is 8.28. The zero-order valence-corrected chi connectivity index (χ0v) is 17.0. The number of para-hydroxylation sites is 3. The van der Waals surface area contributed by atoms with Crippen LogP contribution in [-0.4, -0.2) is 14.4 Å². The molecule has 28 heavy (non-hydrogen) atoms.